The number of rotatable bonds is 7. The van der Waals surface area contributed by atoms with Gasteiger partial charge in [0.25, 0.3) is 0 Å². The summed E-state index contributed by atoms with van der Waals surface area (Å²) in [5, 5.41) is 9.65. The lowest BCUT2D eigenvalue weighted by atomic mass is 10.1. The van der Waals surface area contributed by atoms with E-state index in [0.29, 0.717) is 25.5 Å². The van der Waals surface area contributed by atoms with Crippen LogP contribution in [0.5, 0.6) is 5.75 Å². The molecule has 0 aromatic heterocycles. The Hall–Kier alpha value is -2.90. The van der Waals surface area contributed by atoms with Gasteiger partial charge in [-0.2, -0.15) is 0 Å². The van der Waals surface area contributed by atoms with Gasteiger partial charge >= 0.3 is 5.97 Å². The van der Waals surface area contributed by atoms with Crippen molar-refractivity contribution in [2.75, 3.05) is 40.0 Å². The maximum Gasteiger partial charge on any atom is 0.340 e. The number of methoxy groups -OCH3 is 1. The first-order chi connectivity index (χ1) is 15.3. The minimum atomic E-state index is -4.39. The zero-order valence-electron chi connectivity index (χ0n) is 17.8. The molecule has 32 heavy (non-hydrogen) atoms. The van der Waals surface area contributed by atoms with Crippen LogP contribution in [0.3, 0.4) is 0 Å². The van der Waals surface area contributed by atoms with Crippen LogP contribution in [-0.2, 0) is 19.4 Å². The molecule has 3 N–H and O–H groups in total. The van der Waals surface area contributed by atoms with Crippen LogP contribution in [0.1, 0.15) is 6.42 Å². The van der Waals surface area contributed by atoms with Crippen molar-refractivity contribution in [1.82, 2.24) is 4.90 Å². The summed E-state index contributed by atoms with van der Waals surface area (Å²) in [7, 11) is -2.82. The molecule has 1 heterocycles. The zero-order chi connectivity index (χ0) is 23.2. The van der Waals surface area contributed by atoms with E-state index in [2.05, 4.69) is 11.8 Å². The van der Waals surface area contributed by atoms with E-state index >= 15 is 0 Å². The van der Waals surface area contributed by atoms with E-state index in [-0.39, 0.29) is 4.90 Å². The zero-order valence-corrected chi connectivity index (χ0v) is 18.6. The molecule has 8 nitrogen and oxygen atoms in total. The number of carboxylic acid groups (broad SMARTS) is 1. The SMILES string of the molecule is COc1ccc(-c2ccc(S(=O)(=O)C(N)(CC#CCN3CCOCC3)C(=O)O)cc2)cc1. The molecule has 1 unspecified atom stereocenters. The number of nitrogens with two attached hydrogens (primary N) is 1. The smallest absolute Gasteiger partial charge is 0.340 e. The second-order valence-electron chi connectivity index (χ2n) is 7.37. The number of morpholine rings is 1. The van der Waals surface area contributed by atoms with Crippen LogP contribution >= 0.6 is 0 Å². The lowest BCUT2D eigenvalue weighted by Gasteiger charge is -2.24. The summed E-state index contributed by atoms with van der Waals surface area (Å²) < 4.78 is 36.6. The number of benzene rings is 2. The lowest BCUT2D eigenvalue weighted by Crippen LogP contribution is -2.54. The molecule has 1 atom stereocenters. The lowest BCUT2D eigenvalue weighted by molar-refractivity contribution is -0.139. The summed E-state index contributed by atoms with van der Waals surface area (Å²) >= 11 is 0. The van der Waals surface area contributed by atoms with Gasteiger partial charge in [0.2, 0.25) is 14.7 Å². The Labute approximate surface area is 187 Å². The van der Waals surface area contributed by atoms with Crippen LogP contribution in [0.2, 0.25) is 0 Å². The molecule has 0 bridgehead atoms. The number of hydrogen-bond donors (Lipinski definition) is 2. The fraction of sp³-hybridized carbons (Fsp3) is 0.348. The quantitative estimate of drug-likeness (QED) is 0.601. The third-order valence-corrected chi connectivity index (χ3v) is 7.48. The summed E-state index contributed by atoms with van der Waals surface area (Å²) in [4.78, 5) is 11.2. The second-order valence-corrected chi connectivity index (χ2v) is 9.58. The predicted octanol–water partition coefficient (Wildman–Crippen LogP) is 1.60. The number of sulfone groups is 1. The van der Waals surface area contributed by atoms with Gasteiger partial charge < -0.3 is 20.3 Å². The van der Waals surface area contributed by atoms with Gasteiger partial charge in [-0.1, -0.05) is 36.1 Å². The molecule has 9 heteroatoms. The summed E-state index contributed by atoms with van der Waals surface area (Å²) in [6.45, 7) is 3.06. The Morgan fingerprint density at radius 1 is 1.09 bits per heavy atom. The van der Waals surface area contributed by atoms with E-state index in [4.69, 9.17) is 15.2 Å². The van der Waals surface area contributed by atoms with Crippen LogP contribution in [-0.4, -0.2) is 69.2 Å². The Balaban J connectivity index is 1.78. The highest BCUT2D eigenvalue weighted by Gasteiger charge is 2.48. The van der Waals surface area contributed by atoms with Crippen molar-refractivity contribution >= 4 is 15.8 Å². The van der Waals surface area contributed by atoms with Crippen LogP contribution in [0.25, 0.3) is 11.1 Å². The molecule has 0 spiro atoms. The van der Waals surface area contributed by atoms with Gasteiger partial charge in [-0.3, -0.25) is 4.90 Å². The van der Waals surface area contributed by atoms with E-state index < -0.39 is 27.1 Å². The fourth-order valence-corrected chi connectivity index (χ4v) is 4.63. The summed E-state index contributed by atoms with van der Waals surface area (Å²) in [5.74, 6) is 4.55. The number of ether oxygens (including phenoxy) is 2. The van der Waals surface area contributed by atoms with Crippen LogP contribution < -0.4 is 10.5 Å². The van der Waals surface area contributed by atoms with E-state index in [1.807, 2.05) is 17.0 Å². The van der Waals surface area contributed by atoms with Gasteiger partial charge in [0.05, 0.1) is 38.2 Å². The average Bonchev–Trinajstić information content (AvgIpc) is 2.82. The van der Waals surface area contributed by atoms with Crippen molar-refractivity contribution in [3.05, 3.63) is 48.5 Å². The molecule has 1 saturated heterocycles. The van der Waals surface area contributed by atoms with Gasteiger partial charge in [-0.15, -0.1) is 0 Å². The number of hydrogen-bond acceptors (Lipinski definition) is 7. The Morgan fingerprint density at radius 2 is 1.66 bits per heavy atom. The molecule has 2 aromatic rings. The average molecular weight is 459 g/mol. The molecule has 1 fully saturated rings. The molecule has 3 rings (SSSR count). The summed E-state index contributed by atoms with van der Waals surface area (Å²) in [6.07, 6.45) is -0.519. The van der Waals surface area contributed by atoms with Gasteiger partial charge in [0.15, 0.2) is 0 Å². The molecule has 1 aliphatic heterocycles. The van der Waals surface area contributed by atoms with E-state index in [1.54, 1.807) is 31.4 Å². The van der Waals surface area contributed by atoms with Crippen LogP contribution in [0, 0.1) is 11.8 Å². The van der Waals surface area contributed by atoms with Crippen LogP contribution in [0.4, 0.5) is 0 Å². The third kappa shape index (κ3) is 5.11. The molecule has 0 radical (unpaired) electrons. The first-order valence-corrected chi connectivity index (χ1v) is 11.5. The standard InChI is InChI=1S/C23H26N2O6S/c1-30-20-8-4-18(5-9-20)19-6-10-21(11-7-19)32(28,29)23(24,22(26)27)12-2-3-13-25-14-16-31-17-15-25/h4-11H,12-17,24H2,1H3,(H,26,27). The molecule has 0 saturated carbocycles. The predicted molar refractivity (Wildman–Crippen MR) is 120 cm³/mol. The largest absolute Gasteiger partial charge is 0.497 e. The van der Waals surface area contributed by atoms with Crippen molar-refractivity contribution in [1.29, 1.82) is 0 Å². The minimum absolute atomic E-state index is 0.172. The van der Waals surface area contributed by atoms with E-state index in [0.717, 1.165) is 24.2 Å². The molecule has 0 aliphatic carbocycles. The van der Waals surface area contributed by atoms with Gasteiger partial charge in [0.1, 0.15) is 5.75 Å². The maximum absolute atomic E-state index is 13.1. The first kappa shape index (κ1) is 23.8. The Kier molecular flexibility index (Phi) is 7.53. The van der Waals surface area contributed by atoms with E-state index in [1.165, 1.54) is 12.1 Å². The highest BCUT2D eigenvalue weighted by Crippen LogP contribution is 2.28. The molecule has 170 valence electrons. The van der Waals surface area contributed by atoms with Crippen molar-refractivity contribution in [2.24, 2.45) is 5.73 Å². The normalized spacial score (nSPS) is 16.4. The Bertz CT molecular complexity index is 1100. The molecule has 2 aromatic carbocycles. The number of carbonyl (C=O) groups is 1. The third-order valence-electron chi connectivity index (χ3n) is 5.31. The van der Waals surface area contributed by atoms with Gasteiger partial charge in [0, 0.05) is 13.1 Å². The Morgan fingerprint density at radius 3 is 2.19 bits per heavy atom. The van der Waals surface area contributed by atoms with Crippen molar-refractivity contribution in [3.8, 4) is 28.7 Å². The van der Waals surface area contributed by atoms with Crippen molar-refractivity contribution in [3.63, 3.8) is 0 Å². The van der Waals surface area contributed by atoms with E-state index in [9.17, 15) is 18.3 Å². The topological polar surface area (TPSA) is 119 Å². The molecule has 0 amide bonds. The highest BCUT2D eigenvalue weighted by molar-refractivity contribution is 7.93. The number of aliphatic carboxylic acids is 1. The number of nitrogens with zero attached hydrogens (tertiary/aromatic N) is 1. The molecule has 1 aliphatic rings. The maximum atomic E-state index is 13.1. The first-order valence-electron chi connectivity index (χ1n) is 10.0. The second kappa shape index (κ2) is 10.1. The summed E-state index contributed by atoms with van der Waals surface area (Å²) in [6, 6.07) is 13.2. The van der Waals surface area contributed by atoms with Crippen LogP contribution in [0.15, 0.2) is 53.4 Å². The fourth-order valence-electron chi connectivity index (χ4n) is 3.23. The molecular weight excluding hydrogens is 432 g/mol. The summed E-state index contributed by atoms with van der Waals surface area (Å²) in [5.41, 5.74) is 7.55. The monoisotopic (exact) mass is 458 g/mol. The van der Waals surface area contributed by atoms with Crippen molar-refractivity contribution < 1.29 is 27.8 Å². The highest BCUT2D eigenvalue weighted by atomic mass is 32.2. The minimum Gasteiger partial charge on any atom is -0.497 e. The van der Waals surface area contributed by atoms with Crippen molar-refractivity contribution in [2.45, 2.75) is 16.2 Å². The van der Waals surface area contributed by atoms with Gasteiger partial charge in [-0.05, 0) is 35.4 Å². The molecular formula is C23H26N2O6S. The number of carboxylic acids is 1. The van der Waals surface area contributed by atoms with Gasteiger partial charge in [-0.25, -0.2) is 13.2 Å².